The standard InChI is InChI=1S/C35H32FN9O2/c1-22-12-30(36)29(13-23(22)7-8-27-19-38-33-31(6-5-9-45(27)33)41-26-17-39-40-18-26)34(47)42-25-14-24(35(2,3)21-37)15-28(16-25)44-11-10-43(4)32(46)20-44/h5-6,9,12-19,41H,10-11,20H2,1-4H3,(H,39,40)(H,42,47). The average molecular weight is 630 g/mol. The molecule has 1 aliphatic rings. The number of anilines is 4. The summed E-state index contributed by atoms with van der Waals surface area (Å²) in [4.78, 5) is 34.0. The average Bonchev–Trinajstić information content (AvgIpc) is 3.72. The predicted molar refractivity (Wildman–Crippen MR) is 177 cm³/mol. The second kappa shape index (κ2) is 12.3. The molecule has 3 N–H and O–H groups in total. The quantitative estimate of drug-likeness (QED) is 0.226. The zero-order valence-corrected chi connectivity index (χ0v) is 26.3. The Balaban J connectivity index is 1.29. The van der Waals surface area contributed by atoms with Crippen molar-refractivity contribution in [2.75, 3.05) is 42.2 Å². The number of benzene rings is 2. The van der Waals surface area contributed by atoms with Crippen LogP contribution in [-0.4, -0.2) is 63.0 Å². The van der Waals surface area contributed by atoms with Gasteiger partial charge in [0.05, 0.1) is 47.4 Å². The molecule has 0 unspecified atom stereocenters. The highest BCUT2D eigenvalue weighted by Gasteiger charge is 2.26. The lowest BCUT2D eigenvalue weighted by Gasteiger charge is -2.34. The number of aromatic nitrogens is 4. The zero-order chi connectivity index (χ0) is 33.3. The van der Waals surface area contributed by atoms with Crippen molar-refractivity contribution in [1.29, 1.82) is 5.26 Å². The van der Waals surface area contributed by atoms with Crippen molar-refractivity contribution in [2.45, 2.75) is 26.2 Å². The molecule has 0 spiro atoms. The van der Waals surface area contributed by atoms with Gasteiger partial charge in [0, 0.05) is 49.5 Å². The summed E-state index contributed by atoms with van der Waals surface area (Å²) in [6.07, 6.45) is 6.89. The number of halogens is 1. The third-order valence-electron chi connectivity index (χ3n) is 8.20. The highest BCUT2D eigenvalue weighted by Crippen LogP contribution is 2.32. The molecule has 6 rings (SSSR count). The molecule has 236 valence electrons. The SMILES string of the molecule is Cc1cc(F)c(C(=O)Nc2cc(N3CCN(C)C(=O)C3)cc(C(C)(C)C#N)c2)cc1C#Cc1cnc2c(Nc3cn[nH]c3)cccn12. The molecule has 1 fully saturated rings. The first kappa shape index (κ1) is 30.9. The summed E-state index contributed by atoms with van der Waals surface area (Å²) < 4.78 is 17.1. The molecule has 11 nitrogen and oxygen atoms in total. The summed E-state index contributed by atoms with van der Waals surface area (Å²) in [6.45, 7) is 6.59. The Morgan fingerprint density at radius 1 is 1.11 bits per heavy atom. The van der Waals surface area contributed by atoms with E-state index in [0.29, 0.717) is 52.5 Å². The third kappa shape index (κ3) is 6.35. The topological polar surface area (TPSA) is 134 Å². The molecule has 0 atom stereocenters. The molecular weight excluding hydrogens is 597 g/mol. The molecular formula is C35H32FN9O2. The normalized spacial score (nSPS) is 13.2. The molecule has 47 heavy (non-hydrogen) atoms. The smallest absolute Gasteiger partial charge is 0.258 e. The number of piperazine rings is 1. The first-order valence-electron chi connectivity index (χ1n) is 14.9. The van der Waals surface area contributed by atoms with Gasteiger partial charge < -0.3 is 20.4 Å². The first-order valence-corrected chi connectivity index (χ1v) is 14.9. The van der Waals surface area contributed by atoms with Crippen LogP contribution in [0.3, 0.4) is 0 Å². The summed E-state index contributed by atoms with van der Waals surface area (Å²) >= 11 is 0. The van der Waals surface area contributed by atoms with Crippen LogP contribution in [0.2, 0.25) is 0 Å². The third-order valence-corrected chi connectivity index (χ3v) is 8.20. The van der Waals surface area contributed by atoms with Crippen LogP contribution in [0.15, 0.2) is 67.3 Å². The van der Waals surface area contributed by atoms with E-state index in [1.54, 1.807) is 63.4 Å². The first-order chi connectivity index (χ1) is 22.5. The molecule has 5 aromatic rings. The number of hydrogen-bond donors (Lipinski definition) is 3. The number of nitriles is 1. The highest BCUT2D eigenvalue weighted by atomic mass is 19.1. The summed E-state index contributed by atoms with van der Waals surface area (Å²) in [6, 6.07) is 14.1. The van der Waals surface area contributed by atoms with Crippen LogP contribution in [0.1, 0.15) is 46.6 Å². The van der Waals surface area contributed by atoms with Gasteiger partial charge in [-0.25, -0.2) is 9.37 Å². The van der Waals surface area contributed by atoms with E-state index in [9.17, 15) is 14.9 Å². The number of carbonyl (C=O) groups is 2. The lowest BCUT2D eigenvalue weighted by molar-refractivity contribution is -0.129. The van der Waals surface area contributed by atoms with Gasteiger partial charge in [-0.05, 0) is 80.3 Å². The number of hydrogen-bond acceptors (Lipinski definition) is 7. The number of carbonyl (C=O) groups excluding carboxylic acids is 2. The Hall–Kier alpha value is -6.14. The number of amides is 2. The van der Waals surface area contributed by atoms with E-state index < -0.39 is 17.1 Å². The van der Waals surface area contributed by atoms with Crippen molar-refractivity contribution in [2.24, 2.45) is 0 Å². The summed E-state index contributed by atoms with van der Waals surface area (Å²) in [7, 11) is 1.75. The fourth-order valence-electron chi connectivity index (χ4n) is 5.26. The maximum absolute atomic E-state index is 15.2. The van der Waals surface area contributed by atoms with Gasteiger partial charge >= 0.3 is 0 Å². The molecule has 1 saturated heterocycles. The number of nitrogens with zero attached hydrogens (tertiary/aromatic N) is 6. The molecule has 1 aliphatic heterocycles. The van der Waals surface area contributed by atoms with Crippen molar-refractivity contribution in [1.82, 2.24) is 24.5 Å². The van der Waals surface area contributed by atoms with E-state index in [-0.39, 0.29) is 18.0 Å². The summed E-state index contributed by atoms with van der Waals surface area (Å²) in [5.41, 5.74) is 4.56. The second-order valence-electron chi connectivity index (χ2n) is 12.0. The molecule has 0 bridgehead atoms. The number of imidazole rings is 1. The fourth-order valence-corrected chi connectivity index (χ4v) is 5.26. The Bertz CT molecular complexity index is 2120. The minimum absolute atomic E-state index is 0.0302. The summed E-state index contributed by atoms with van der Waals surface area (Å²) in [5.74, 6) is 4.81. The molecule has 2 aromatic carbocycles. The van der Waals surface area contributed by atoms with E-state index in [0.717, 1.165) is 11.4 Å². The Kier molecular flexibility index (Phi) is 8.10. The molecule has 0 aliphatic carbocycles. The van der Waals surface area contributed by atoms with Gasteiger partial charge in [0.25, 0.3) is 5.91 Å². The number of aromatic amines is 1. The van der Waals surface area contributed by atoms with Crippen LogP contribution >= 0.6 is 0 Å². The van der Waals surface area contributed by atoms with Crippen LogP contribution in [-0.2, 0) is 10.2 Å². The maximum atomic E-state index is 15.2. The van der Waals surface area contributed by atoms with Crippen LogP contribution in [0.4, 0.5) is 27.1 Å². The van der Waals surface area contributed by atoms with Crippen molar-refractivity contribution >= 4 is 40.2 Å². The van der Waals surface area contributed by atoms with Crippen LogP contribution in [0.25, 0.3) is 5.65 Å². The van der Waals surface area contributed by atoms with Gasteiger partial charge in [0.2, 0.25) is 5.91 Å². The minimum Gasteiger partial charge on any atom is -0.360 e. The Morgan fingerprint density at radius 2 is 1.94 bits per heavy atom. The maximum Gasteiger partial charge on any atom is 0.258 e. The largest absolute Gasteiger partial charge is 0.360 e. The van der Waals surface area contributed by atoms with E-state index in [1.165, 1.54) is 12.1 Å². The van der Waals surface area contributed by atoms with Crippen LogP contribution in [0, 0.1) is 35.9 Å². The molecule has 4 heterocycles. The zero-order valence-electron chi connectivity index (χ0n) is 26.3. The fraction of sp³-hybridized carbons (Fsp3) is 0.229. The van der Waals surface area contributed by atoms with Gasteiger partial charge in [0.1, 0.15) is 11.5 Å². The number of aryl methyl sites for hydroxylation is 1. The predicted octanol–water partition coefficient (Wildman–Crippen LogP) is 4.98. The van der Waals surface area contributed by atoms with Crippen LogP contribution < -0.4 is 15.5 Å². The van der Waals surface area contributed by atoms with Gasteiger partial charge in [-0.3, -0.25) is 19.1 Å². The number of pyridine rings is 1. The summed E-state index contributed by atoms with van der Waals surface area (Å²) in [5, 5.41) is 22.6. The molecule has 2 amide bonds. The number of rotatable bonds is 6. The number of likely N-dealkylation sites (N-methyl/N-ethyl adjacent to an activating group) is 1. The van der Waals surface area contributed by atoms with Gasteiger partial charge in [-0.1, -0.05) is 5.92 Å². The van der Waals surface area contributed by atoms with Gasteiger partial charge in [-0.15, -0.1) is 0 Å². The van der Waals surface area contributed by atoms with Gasteiger partial charge in [-0.2, -0.15) is 10.4 Å². The van der Waals surface area contributed by atoms with Crippen LogP contribution in [0.5, 0.6) is 0 Å². The van der Waals surface area contributed by atoms with Gasteiger partial charge in [0.15, 0.2) is 5.65 Å². The van der Waals surface area contributed by atoms with Crippen molar-refractivity contribution in [3.8, 4) is 17.9 Å². The minimum atomic E-state index is -0.877. The van der Waals surface area contributed by atoms with E-state index >= 15 is 4.39 Å². The highest BCUT2D eigenvalue weighted by molar-refractivity contribution is 6.05. The molecule has 0 radical (unpaired) electrons. The van der Waals surface area contributed by atoms with E-state index in [4.69, 9.17) is 0 Å². The number of nitrogens with one attached hydrogen (secondary N) is 3. The monoisotopic (exact) mass is 629 g/mol. The van der Waals surface area contributed by atoms with Crippen molar-refractivity contribution < 1.29 is 14.0 Å². The van der Waals surface area contributed by atoms with Crippen molar-refractivity contribution in [3.63, 3.8) is 0 Å². The van der Waals surface area contributed by atoms with E-state index in [2.05, 4.69) is 43.7 Å². The Labute approximate surface area is 271 Å². The molecule has 3 aromatic heterocycles. The second-order valence-corrected chi connectivity index (χ2v) is 12.0. The Morgan fingerprint density at radius 3 is 2.68 bits per heavy atom. The lowest BCUT2D eigenvalue weighted by Crippen LogP contribution is -2.48. The molecule has 0 saturated carbocycles. The molecule has 12 heteroatoms. The number of H-pyrrole nitrogens is 1. The number of fused-ring (bicyclic) bond motifs is 1. The van der Waals surface area contributed by atoms with Crippen molar-refractivity contribution in [3.05, 3.63) is 101 Å². The lowest BCUT2D eigenvalue weighted by atomic mass is 9.85. The van der Waals surface area contributed by atoms with E-state index in [1.807, 2.05) is 33.7 Å².